The lowest BCUT2D eigenvalue weighted by molar-refractivity contribution is -0.167. The number of carbonyl (C=O) groups excluding carboxylic acids is 3. The molecule has 0 aromatic rings. The van der Waals surface area contributed by atoms with Crippen molar-refractivity contribution in [3.63, 3.8) is 0 Å². The third-order valence-corrected chi connectivity index (χ3v) is 14.7. The van der Waals surface area contributed by atoms with Crippen molar-refractivity contribution >= 4 is 17.9 Å². The van der Waals surface area contributed by atoms with Crippen LogP contribution in [0.3, 0.4) is 0 Å². The maximum absolute atomic E-state index is 12.9. The molecule has 0 saturated heterocycles. The average molecular weight is 1150 g/mol. The van der Waals surface area contributed by atoms with Gasteiger partial charge in [0.1, 0.15) is 13.2 Å². The van der Waals surface area contributed by atoms with Crippen molar-refractivity contribution < 1.29 is 28.6 Å². The van der Waals surface area contributed by atoms with E-state index in [1.165, 1.54) is 135 Å². The number of unbranched alkanes of at least 4 members (excludes halogenated alkanes) is 29. The quantitative estimate of drug-likeness (QED) is 0.0261. The smallest absolute Gasteiger partial charge is 0.306 e. The molecule has 0 rings (SSSR count). The summed E-state index contributed by atoms with van der Waals surface area (Å²) < 4.78 is 16.9. The third-order valence-electron chi connectivity index (χ3n) is 14.7. The zero-order valence-electron chi connectivity index (χ0n) is 54.2. The van der Waals surface area contributed by atoms with Crippen LogP contribution in [0.1, 0.15) is 316 Å². The topological polar surface area (TPSA) is 78.9 Å². The molecule has 0 N–H and O–H groups in total. The highest BCUT2D eigenvalue weighted by atomic mass is 16.6. The van der Waals surface area contributed by atoms with Crippen LogP contribution in [0.2, 0.25) is 0 Å². The van der Waals surface area contributed by atoms with Crippen molar-refractivity contribution in [3.05, 3.63) is 134 Å². The summed E-state index contributed by atoms with van der Waals surface area (Å²) in [6, 6.07) is 0. The van der Waals surface area contributed by atoms with Crippen LogP contribution in [0.25, 0.3) is 0 Å². The van der Waals surface area contributed by atoms with Gasteiger partial charge < -0.3 is 14.2 Å². The molecule has 0 aliphatic rings. The van der Waals surface area contributed by atoms with Crippen molar-refractivity contribution in [2.24, 2.45) is 0 Å². The molecule has 472 valence electrons. The lowest BCUT2D eigenvalue weighted by Crippen LogP contribution is -2.30. The summed E-state index contributed by atoms with van der Waals surface area (Å²) in [6.45, 7) is 6.39. The van der Waals surface area contributed by atoms with E-state index in [9.17, 15) is 14.4 Å². The summed E-state index contributed by atoms with van der Waals surface area (Å²) in [6.07, 6.45) is 99.2. The van der Waals surface area contributed by atoms with E-state index < -0.39 is 6.10 Å². The molecule has 0 aliphatic heterocycles. The molecule has 0 aromatic heterocycles. The van der Waals surface area contributed by atoms with Gasteiger partial charge in [0.05, 0.1) is 0 Å². The number of hydrogen-bond acceptors (Lipinski definition) is 6. The van der Waals surface area contributed by atoms with Gasteiger partial charge >= 0.3 is 17.9 Å². The Morgan fingerprint density at radius 3 is 0.735 bits per heavy atom. The molecule has 0 heterocycles. The molecule has 0 saturated carbocycles. The van der Waals surface area contributed by atoms with Crippen LogP contribution >= 0.6 is 0 Å². The molecule has 83 heavy (non-hydrogen) atoms. The predicted molar refractivity (Wildman–Crippen MR) is 362 cm³/mol. The Balaban J connectivity index is 4.17. The normalized spacial score (nSPS) is 13.0. The summed E-state index contributed by atoms with van der Waals surface area (Å²) in [4.78, 5) is 38.3. The van der Waals surface area contributed by atoms with Crippen molar-refractivity contribution in [1.29, 1.82) is 0 Å². The zero-order chi connectivity index (χ0) is 59.9. The first kappa shape index (κ1) is 78.5. The SMILES string of the molecule is CC/C=C\C/C=C\C/C=C\C/C=C\C/C=C\C/C=C\CCCCCCC(=O)OC(COC(=O)CCCCCCCCCCC)COC(=O)CCCCCCCCCCCCCCCCCCC/C=C\C/C=C\C/C=C\C/C=C\C/C=C\CC. The number of allylic oxidation sites excluding steroid dienone is 22. The highest BCUT2D eigenvalue weighted by Gasteiger charge is 2.19. The Hall–Kier alpha value is -4.45. The Kier molecular flexibility index (Phi) is 66.3. The minimum atomic E-state index is -0.793. The Morgan fingerprint density at radius 1 is 0.253 bits per heavy atom. The third kappa shape index (κ3) is 68.2. The van der Waals surface area contributed by atoms with Gasteiger partial charge in [-0.2, -0.15) is 0 Å². The van der Waals surface area contributed by atoms with Crippen LogP contribution < -0.4 is 0 Å². The van der Waals surface area contributed by atoms with Gasteiger partial charge in [0.2, 0.25) is 0 Å². The van der Waals surface area contributed by atoms with Gasteiger partial charge in [0, 0.05) is 19.3 Å². The summed E-state index contributed by atoms with van der Waals surface area (Å²) in [5, 5.41) is 0. The summed E-state index contributed by atoms with van der Waals surface area (Å²) >= 11 is 0. The number of ether oxygens (including phenoxy) is 3. The van der Waals surface area contributed by atoms with Gasteiger partial charge in [-0.1, -0.05) is 315 Å². The second kappa shape index (κ2) is 70.0. The fourth-order valence-electron chi connectivity index (χ4n) is 9.53. The van der Waals surface area contributed by atoms with Crippen LogP contribution in [-0.2, 0) is 28.6 Å². The standard InChI is InChI=1S/C77H128O6/c1-4-7-10-13-16-19-21-23-25-27-29-31-33-34-35-36-37-38-39-40-41-42-44-45-47-49-51-53-55-58-61-64-67-70-76(79)82-73-74(72-81-75(78)69-66-63-60-57-18-15-12-9-6-3)83-77(80)71-68-65-62-59-56-54-52-50-48-46-43-32-30-28-26-24-22-20-17-14-11-8-5-2/h7-8,10-11,16-17,19-20,23-26,29-32,34-35,46,48,52,54,74H,4-6,9,12-15,18,21-22,27-28,33,36-45,47,49-51,53,55-73H2,1-3H3/b10-7-,11-8-,19-16-,20-17-,25-23-,26-24-,31-29-,32-30-,35-34-,48-46-,54-52-. The largest absolute Gasteiger partial charge is 0.462 e. The number of esters is 3. The van der Waals surface area contributed by atoms with E-state index in [-0.39, 0.29) is 31.1 Å². The van der Waals surface area contributed by atoms with Crippen LogP contribution in [0, 0.1) is 0 Å². The van der Waals surface area contributed by atoms with Gasteiger partial charge in [0.25, 0.3) is 0 Å². The Labute approximate surface area is 513 Å². The molecule has 0 spiro atoms. The molecule has 0 aliphatic carbocycles. The maximum atomic E-state index is 12.9. The van der Waals surface area contributed by atoms with E-state index in [4.69, 9.17) is 14.2 Å². The van der Waals surface area contributed by atoms with Crippen molar-refractivity contribution in [2.45, 2.75) is 322 Å². The predicted octanol–water partition coefficient (Wildman–Crippen LogP) is 24.1. The first-order valence-corrected chi connectivity index (χ1v) is 34.7. The second-order valence-corrected chi connectivity index (χ2v) is 22.7. The maximum Gasteiger partial charge on any atom is 0.306 e. The molecule has 0 amide bonds. The lowest BCUT2D eigenvalue weighted by atomic mass is 10.0. The van der Waals surface area contributed by atoms with Crippen molar-refractivity contribution in [3.8, 4) is 0 Å². The number of carbonyl (C=O) groups is 3. The molecule has 0 radical (unpaired) electrons. The van der Waals surface area contributed by atoms with E-state index in [1.807, 2.05) is 0 Å². The first-order valence-electron chi connectivity index (χ1n) is 34.7. The van der Waals surface area contributed by atoms with Crippen molar-refractivity contribution in [1.82, 2.24) is 0 Å². The minimum Gasteiger partial charge on any atom is -0.462 e. The molecular formula is C77H128O6. The Morgan fingerprint density at radius 2 is 0.470 bits per heavy atom. The molecule has 0 bridgehead atoms. The van der Waals surface area contributed by atoms with Crippen LogP contribution in [0.15, 0.2) is 134 Å². The molecule has 0 aromatic carbocycles. The average Bonchev–Trinajstić information content (AvgIpc) is 3.49. The van der Waals surface area contributed by atoms with E-state index in [1.54, 1.807) is 0 Å². The molecular weight excluding hydrogens is 1020 g/mol. The molecule has 1 atom stereocenters. The lowest BCUT2D eigenvalue weighted by Gasteiger charge is -2.18. The highest BCUT2D eigenvalue weighted by molar-refractivity contribution is 5.71. The number of rotatable bonds is 62. The highest BCUT2D eigenvalue weighted by Crippen LogP contribution is 2.17. The van der Waals surface area contributed by atoms with Crippen molar-refractivity contribution in [2.75, 3.05) is 13.2 Å². The molecule has 1 unspecified atom stereocenters. The number of hydrogen-bond donors (Lipinski definition) is 0. The molecule has 6 heteroatoms. The van der Waals surface area contributed by atoms with E-state index in [0.717, 1.165) is 141 Å². The minimum absolute atomic E-state index is 0.0877. The molecule has 0 fully saturated rings. The second-order valence-electron chi connectivity index (χ2n) is 22.7. The van der Waals surface area contributed by atoms with Crippen LogP contribution in [-0.4, -0.2) is 37.2 Å². The van der Waals surface area contributed by atoms with E-state index in [2.05, 4.69) is 154 Å². The summed E-state index contributed by atoms with van der Waals surface area (Å²) in [7, 11) is 0. The van der Waals surface area contributed by atoms with Crippen LogP contribution in [0.5, 0.6) is 0 Å². The van der Waals surface area contributed by atoms with Gasteiger partial charge in [-0.25, -0.2) is 0 Å². The first-order chi connectivity index (χ1) is 41.0. The van der Waals surface area contributed by atoms with Crippen LogP contribution in [0.4, 0.5) is 0 Å². The fraction of sp³-hybridized carbons (Fsp3) is 0.675. The van der Waals surface area contributed by atoms with E-state index >= 15 is 0 Å². The fourth-order valence-corrected chi connectivity index (χ4v) is 9.53. The Bertz CT molecular complexity index is 1750. The monoisotopic (exact) mass is 1150 g/mol. The summed E-state index contributed by atoms with van der Waals surface area (Å²) in [5.74, 6) is -0.908. The van der Waals surface area contributed by atoms with Gasteiger partial charge in [-0.05, 0) is 116 Å². The molecule has 6 nitrogen and oxygen atoms in total. The van der Waals surface area contributed by atoms with E-state index in [0.29, 0.717) is 19.3 Å². The van der Waals surface area contributed by atoms with Gasteiger partial charge in [0.15, 0.2) is 6.10 Å². The van der Waals surface area contributed by atoms with Gasteiger partial charge in [-0.3, -0.25) is 14.4 Å². The zero-order valence-corrected chi connectivity index (χ0v) is 54.2. The summed E-state index contributed by atoms with van der Waals surface area (Å²) in [5.41, 5.74) is 0. The van der Waals surface area contributed by atoms with Gasteiger partial charge in [-0.15, -0.1) is 0 Å².